The largest absolute Gasteiger partial charge is 0.480 e. The zero-order chi connectivity index (χ0) is 13.0. The zero-order valence-electron chi connectivity index (χ0n) is 9.57. The Morgan fingerprint density at radius 3 is 2.59 bits per heavy atom. The first kappa shape index (κ1) is 14.0. The molecule has 1 aromatic rings. The number of aliphatic carboxylic acids is 1. The molecule has 2 N–H and O–H groups in total. The van der Waals surface area contributed by atoms with Crippen LogP contribution in [0.4, 0.5) is 0 Å². The van der Waals surface area contributed by atoms with Crippen LogP contribution in [0.5, 0.6) is 0 Å². The fraction of sp³-hybridized carbons (Fsp3) is 0.455. The Hall–Kier alpha value is -1.07. The Labute approximate surface area is 109 Å². The summed E-state index contributed by atoms with van der Waals surface area (Å²) in [5, 5.41) is 13.5. The summed E-state index contributed by atoms with van der Waals surface area (Å²) in [5.74, 6) is -1.27. The molecule has 0 aromatic carbocycles. The van der Waals surface area contributed by atoms with E-state index in [9.17, 15) is 9.59 Å². The number of carbonyl (C=O) groups is 2. The average molecular weight is 276 g/mol. The van der Waals surface area contributed by atoms with E-state index < -0.39 is 17.9 Å². The number of carboxylic acid groups (broad SMARTS) is 1. The van der Waals surface area contributed by atoms with Crippen molar-refractivity contribution in [2.45, 2.75) is 26.3 Å². The van der Waals surface area contributed by atoms with Crippen molar-refractivity contribution in [3.8, 4) is 0 Å². The Morgan fingerprint density at radius 1 is 1.53 bits per heavy atom. The van der Waals surface area contributed by atoms with E-state index in [1.165, 1.54) is 11.3 Å². The molecule has 94 valence electrons. The second-order valence-electron chi connectivity index (χ2n) is 4.09. The maximum absolute atomic E-state index is 11.8. The van der Waals surface area contributed by atoms with Crippen molar-refractivity contribution in [2.75, 3.05) is 0 Å². The molecular weight excluding hydrogens is 262 g/mol. The van der Waals surface area contributed by atoms with Gasteiger partial charge in [0.05, 0.1) is 5.02 Å². The highest BCUT2D eigenvalue weighted by Gasteiger charge is 2.23. The van der Waals surface area contributed by atoms with Crippen LogP contribution in [-0.2, 0) is 4.79 Å². The van der Waals surface area contributed by atoms with Crippen molar-refractivity contribution in [3.05, 3.63) is 21.3 Å². The topological polar surface area (TPSA) is 66.4 Å². The summed E-state index contributed by atoms with van der Waals surface area (Å²) in [4.78, 5) is 23.1. The van der Waals surface area contributed by atoms with Gasteiger partial charge in [-0.05, 0) is 23.8 Å². The summed E-state index contributed by atoms with van der Waals surface area (Å²) < 4.78 is 0. The molecule has 0 saturated heterocycles. The van der Waals surface area contributed by atoms with Gasteiger partial charge < -0.3 is 10.4 Å². The van der Waals surface area contributed by atoms with Gasteiger partial charge in [-0.15, -0.1) is 11.3 Å². The molecule has 0 aliphatic carbocycles. The number of carbonyl (C=O) groups excluding carboxylic acids is 1. The smallest absolute Gasteiger partial charge is 0.326 e. The van der Waals surface area contributed by atoms with Gasteiger partial charge in [0.15, 0.2) is 0 Å². The van der Waals surface area contributed by atoms with Gasteiger partial charge in [-0.1, -0.05) is 25.4 Å². The number of carboxylic acids is 1. The highest BCUT2D eigenvalue weighted by molar-refractivity contribution is 7.12. The third-order valence-electron chi connectivity index (χ3n) is 2.13. The van der Waals surface area contributed by atoms with Crippen LogP contribution in [0.15, 0.2) is 11.4 Å². The van der Waals surface area contributed by atoms with Crippen LogP contribution in [0.25, 0.3) is 0 Å². The summed E-state index contributed by atoms with van der Waals surface area (Å²) in [5.41, 5.74) is 0. The summed E-state index contributed by atoms with van der Waals surface area (Å²) in [7, 11) is 0. The lowest BCUT2D eigenvalue weighted by molar-refractivity contribution is -0.139. The molecule has 0 radical (unpaired) electrons. The Morgan fingerprint density at radius 2 is 2.18 bits per heavy atom. The second kappa shape index (κ2) is 6.02. The maximum Gasteiger partial charge on any atom is 0.326 e. The number of hydrogen-bond acceptors (Lipinski definition) is 3. The number of rotatable bonds is 5. The molecule has 1 atom stereocenters. The predicted octanol–water partition coefficient (Wildman–Crippen LogP) is 2.63. The third-order valence-corrected chi connectivity index (χ3v) is 3.47. The molecule has 0 spiro atoms. The molecule has 1 amide bonds. The van der Waals surface area contributed by atoms with Crippen LogP contribution >= 0.6 is 22.9 Å². The fourth-order valence-electron chi connectivity index (χ4n) is 1.37. The van der Waals surface area contributed by atoms with E-state index in [4.69, 9.17) is 16.7 Å². The highest BCUT2D eigenvalue weighted by atomic mass is 35.5. The van der Waals surface area contributed by atoms with E-state index in [0.29, 0.717) is 16.3 Å². The first-order chi connectivity index (χ1) is 7.91. The van der Waals surface area contributed by atoms with E-state index in [-0.39, 0.29) is 5.92 Å². The molecule has 0 aliphatic heterocycles. The molecule has 4 nitrogen and oxygen atoms in total. The summed E-state index contributed by atoms with van der Waals surface area (Å²) in [6, 6.07) is 0.736. The molecule has 1 rings (SSSR count). The SMILES string of the molecule is CC(C)CC(NC(=O)c1sccc1Cl)C(=O)O. The average Bonchev–Trinajstić information content (AvgIpc) is 2.62. The van der Waals surface area contributed by atoms with Crippen molar-refractivity contribution < 1.29 is 14.7 Å². The summed E-state index contributed by atoms with van der Waals surface area (Å²) >= 11 is 7.00. The van der Waals surface area contributed by atoms with Crippen LogP contribution in [0.1, 0.15) is 29.9 Å². The van der Waals surface area contributed by atoms with Crippen LogP contribution in [0, 0.1) is 5.92 Å². The normalized spacial score (nSPS) is 12.5. The first-order valence-corrected chi connectivity index (χ1v) is 6.44. The Balaban J connectivity index is 2.71. The van der Waals surface area contributed by atoms with Gasteiger partial charge in [0, 0.05) is 0 Å². The summed E-state index contributed by atoms with van der Waals surface area (Å²) in [6.45, 7) is 3.81. The quantitative estimate of drug-likeness (QED) is 0.868. The second-order valence-corrected chi connectivity index (χ2v) is 5.41. The van der Waals surface area contributed by atoms with Crippen LogP contribution in [0.2, 0.25) is 5.02 Å². The van der Waals surface area contributed by atoms with Crippen molar-refractivity contribution in [3.63, 3.8) is 0 Å². The van der Waals surface area contributed by atoms with E-state index in [2.05, 4.69) is 5.32 Å². The van der Waals surface area contributed by atoms with Crippen molar-refractivity contribution >= 4 is 34.8 Å². The van der Waals surface area contributed by atoms with E-state index in [1.54, 1.807) is 11.4 Å². The Bertz CT molecular complexity index is 417. The number of hydrogen-bond donors (Lipinski definition) is 2. The van der Waals surface area contributed by atoms with Gasteiger partial charge in [0.25, 0.3) is 5.91 Å². The lowest BCUT2D eigenvalue weighted by Gasteiger charge is -2.15. The van der Waals surface area contributed by atoms with Gasteiger partial charge in [-0.25, -0.2) is 4.79 Å². The van der Waals surface area contributed by atoms with Crippen LogP contribution < -0.4 is 5.32 Å². The zero-order valence-corrected chi connectivity index (χ0v) is 11.1. The van der Waals surface area contributed by atoms with Crippen molar-refractivity contribution in [2.24, 2.45) is 5.92 Å². The van der Waals surface area contributed by atoms with Gasteiger partial charge in [0.2, 0.25) is 0 Å². The van der Waals surface area contributed by atoms with E-state index in [0.717, 1.165) is 0 Å². The minimum atomic E-state index is -1.03. The highest BCUT2D eigenvalue weighted by Crippen LogP contribution is 2.22. The molecule has 6 heteroatoms. The van der Waals surface area contributed by atoms with Crippen molar-refractivity contribution in [1.82, 2.24) is 5.32 Å². The van der Waals surface area contributed by atoms with Gasteiger partial charge in [-0.3, -0.25) is 4.79 Å². The first-order valence-electron chi connectivity index (χ1n) is 5.18. The third kappa shape index (κ3) is 4.02. The van der Waals surface area contributed by atoms with E-state index in [1.807, 2.05) is 13.8 Å². The molecule has 17 heavy (non-hydrogen) atoms. The molecule has 0 aliphatic rings. The lowest BCUT2D eigenvalue weighted by Crippen LogP contribution is -2.41. The van der Waals surface area contributed by atoms with Crippen LogP contribution in [0.3, 0.4) is 0 Å². The summed E-state index contributed by atoms with van der Waals surface area (Å²) in [6.07, 6.45) is 0.393. The van der Waals surface area contributed by atoms with E-state index >= 15 is 0 Å². The lowest BCUT2D eigenvalue weighted by atomic mass is 10.0. The minimum Gasteiger partial charge on any atom is -0.480 e. The maximum atomic E-state index is 11.8. The van der Waals surface area contributed by atoms with Crippen molar-refractivity contribution in [1.29, 1.82) is 0 Å². The fourth-order valence-corrected chi connectivity index (χ4v) is 2.42. The molecule has 1 aromatic heterocycles. The van der Waals surface area contributed by atoms with Gasteiger partial charge >= 0.3 is 5.97 Å². The molecule has 0 saturated carbocycles. The number of halogens is 1. The molecule has 0 bridgehead atoms. The number of nitrogens with one attached hydrogen (secondary N) is 1. The number of amides is 1. The predicted molar refractivity (Wildman–Crippen MR) is 67.7 cm³/mol. The van der Waals surface area contributed by atoms with Crippen LogP contribution in [-0.4, -0.2) is 23.0 Å². The minimum absolute atomic E-state index is 0.190. The number of thiophene rings is 1. The van der Waals surface area contributed by atoms with Gasteiger partial charge in [-0.2, -0.15) is 0 Å². The molecule has 1 unspecified atom stereocenters. The Kier molecular flexibility index (Phi) is 4.96. The monoisotopic (exact) mass is 275 g/mol. The molecule has 1 heterocycles. The molecule has 0 fully saturated rings. The van der Waals surface area contributed by atoms with Gasteiger partial charge in [0.1, 0.15) is 10.9 Å². The molecular formula is C11H14ClNO3S. The standard InChI is InChI=1S/C11H14ClNO3S/c1-6(2)5-8(11(15)16)13-10(14)9-7(12)3-4-17-9/h3-4,6,8H,5H2,1-2H3,(H,13,14)(H,15,16).